The van der Waals surface area contributed by atoms with E-state index in [1.165, 1.54) is 16.2 Å². The summed E-state index contributed by atoms with van der Waals surface area (Å²) in [7, 11) is 1.53. The second kappa shape index (κ2) is 10.2. The molecule has 5 rings (SSSR count). The van der Waals surface area contributed by atoms with Crippen molar-refractivity contribution in [2.45, 2.75) is 52.9 Å². The SMILES string of the molecule is CCn1c(=O)c2c(nc(C(C)C)n2Cc2ccc(-c3ccccc3-c3nnn[nH]3)cc2)n(C(C)OC)c1=O. The fourth-order valence-electron chi connectivity index (χ4n) is 4.77. The number of fused-ring (bicyclic) bond motifs is 1. The number of aromatic nitrogens is 8. The van der Waals surface area contributed by atoms with Crippen LogP contribution in [0.25, 0.3) is 33.7 Å². The zero-order valence-electron chi connectivity index (χ0n) is 22.0. The summed E-state index contributed by atoms with van der Waals surface area (Å²) in [6.07, 6.45) is -0.578. The fraction of sp³-hybridized carbons (Fsp3) is 0.333. The second-order valence-electron chi connectivity index (χ2n) is 9.41. The maximum absolute atomic E-state index is 13.5. The summed E-state index contributed by atoms with van der Waals surface area (Å²) in [4.78, 5) is 31.4. The lowest BCUT2D eigenvalue weighted by atomic mass is 9.98. The monoisotopic (exact) mass is 514 g/mol. The van der Waals surface area contributed by atoms with E-state index in [4.69, 9.17) is 9.72 Å². The topological polar surface area (TPSA) is 126 Å². The summed E-state index contributed by atoms with van der Waals surface area (Å²) < 4.78 is 10.1. The van der Waals surface area contributed by atoms with Gasteiger partial charge in [0.2, 0.25) is 0 Å². The van der Waals surface area contributed by atoms with Crippen molar-refractivity contribution >= 4 is 11.2 Å². The van der Waals surface area contributed by atoms with Crippen LogP contribution in [0.3, 0.4) is 0 Å². The van der Waals surface area contributed by atoms with E-state index in [0.29, 0.717) is 23.5 Å². The summed E-state index contributed by atoms with van der Waals surface area (Å²) in [5.74, 6) is 1.36. The smallest absolute Gasteiger partial charge is 0.334 e. The number of nitrogens with zero attached hydrogens (tertiary/aromatic N) is 7. The van der Waals surface area contributed by atoms with Gasteiger partial charge in [0.05, 0.1) is 0 Å². The van der Waals surface area contributed by atoms with E-state index >= 15 is 0 Å². The molecule has 5 aromatic rings. The van der Waals surface area contributed by atoms with Crippen molar-refractivity contribution in [1.82, 2.24) is 39.3 Å². The summed E-state index contributed by atoms with van der Waals surface area (Å²) >= 11 is 0. The molecule has 11 heteroatoms. The molecule has 3 heterocycles. The number of H-pyrrole nitrogens is 1. The Morgan fingerprint density at radius 2 is 1.68 bits per heavy atom. The van der Waals surface area contributed by atoms with E-state index in [-0.39, 0.29) is 18.0 Å². The number of nitrogens with one attached hydrogen (secondary N) is 1. The fourth-order valence-corrected chi connectivity index (χ4v) is 4.77. The molecule has 38 heavy (non-hydrogen) atoms. The highest BCUT2D eigenvalue weighted by atomic mass is 16.5. The summed E-state index contributed by atoms with van der Waals surface area (Å²) in [6, 6.07) is 16.1. The van der Waals surface area contributed by atoms with Crippen molar-refractivity contribution in [1.29, 1.82) is 0 Å². The first-order valence-electron chi connectivity index (χ1n) is 12.6. The Morgan fingerprint density at radius 3 is 2.29 bits per heavy atom. The van der Waals surface area contributed by atoms with Gasteiger partial charge in [0, 0.05) is 31.7 Å². The van der Waals surface area contributed by atoms with Gasteiger partial charge in [0.15, 0.2) is 17.0 Å². The lowest BCUT2D eigenvalue weighted by Crippen LogP contribution is -2.41. The van der Waals surface area contributed by atoms with Gasteiger partial charge in [-0.1, -0.05) is 62.4 Å². The third-order valence-electron chi connectivity index (χ3n) is 6.76. The quantitative estimate of drug-likeness (QED) is 0.336. The Bertz CT molecular complexity index is 1700. The molecule has 0 bridgehead atoms. The molecule has 0 amide bonds. The van der Waals surface area contributed by atoms with Crippen LogP contribution >= 0.6 is 0 Å². The molecule has 0 aliphatic heterocycles. The Hall–Kier alpha value is -4.38. The zero-order valence-corrected chi connectivity index (χ0v) is 22.0. The highest BCUT2D eigenvalue weighted by molar-refractivity contribution is 5.80. The molecule has 0 aliphatic carbocycles. The molecule has 1 atom stereocenters. The van der Waals surface area contributed by atoms with Crippen molar-refractivity contribution in [3.8, 4) is 22.5 Å². The zero-order chi connectivity index (χ0) is 27.0. The van der Waals surface area contributed by atoms with Gasteiger partial charge < -0.3 is 9.30 Å². The summed E-state index contributed by atoms with van der Waals surface area (Å²) in [6.45, 7) is 8.28. The minimum absolute atomic E-state index is 0.0277. The van der Waals surface area contributed by atoms with Crippen LogP contribution in [0.5, 0.6) is 0 Å². The first-order chi connectivity index (χ1) is 18.3. The molecule has 11 nitrogen and oxygen atoms in total. The van der Waals surface area contributed by atoms with E-state index in [2.05, 4.69) is 20.6 Å². The summed E-state index contributed by atoms with van der Waals surface area (Å²) in [5.41, 5.74) is 3.86. The Morgan fingerprint density at radius 1 is 0.974 bits per heavy atom. The number of rotatable bonds is 8. The van der Waals surface area contributed by atoms with Crippen LogP contribution in [0.15, 0.2) is 58.1 Å². The van der Waals surface area contributed by atoms with Crippen molar-refractivity contribution < 1.29 is 4.74 Å². The van der Waals surface area contributed by atoms with Crippen LogP contribution in [-0.2, 0) is 17.8 Å². The van der Waals surface area contributed by atoms with Crippen LogP contribution in [0, 0.1) is 0 Å². The third kappa shape index (κ3) is 4.24. The Balaban J connectivity index is 1.62. The Labute approximate surface area is 218 Å². The van der Waals surface area contributed by atoms with Crippen LogP contribution in [-0.4, -0.2) is 46.4 Å². The van der Waals surface area contributed by atoms with E-state index in [1.54, 1.807) is 13.8 Å². The minimum Gasteiger partial charge on any atom is -0.361 e. The van der Waals surface area contributed by atoms with Gasteiger partial charge in [-0.15, -0.1) is 5.10 Å². The van der Waals surface area contributed by atoms with Gasteiger partial charge in [-0.25, -0.2) is 19.4 Å². The van der Waals surface area contributed by atoms with Crippen LogP contribution in [0.1, 0.15) is 51.2 Å². The number of imidazole rings is 1. The van der Waals surface area contributed by atoms with Crippen molar-refractivity contribution in [3.05, 3.63) is 80.8 Å². The number of aromatic amines is 1. The van der Waals surface area contributed by atoms with Crippen LogP contribution < -0.4 is 11.2 Å². The number of hydrogen-bond acceptors (Lipinski definition) is 7. The number of methoxy groups -OCH3 is 1. The molecule has 0 spiro atoms. The molecule has 3 aromatic heterocycles. The minimum atomic E-state index is -0.578. The maximum atomic E-state index is 13.5. The first-order valence-corrected chi connectivity index (χ1v) is 12.6. The largest absolute Gasteiger partial charge is 0.361 e. The normalized spacial score (nSPS) is 12.5. The highest BCUT2D eigenvalue weighted by Crippen LogP contribution is 2.30. The average Bonchev–Trinajstić information content (AvgIpc) is 3.58. The molecule has 0 fully saturated rings. The molecule has 0 saturated heterocycles. The predicted octanol–water partition coefficient (Wildman–Crippen LogP) is 3.56. The lowest BCUT2D eigenvalue weighted by Gasteiger charge is -2.16. The summed E-state index contributed by atoms with van der Waals surface area (Å²) in [5, 5.41) is 14.3. The molecule has 0 saturated carbocycles. The average molecular weight is 515 g/mol. The molecular weight excluding hydrogens is 484 g/mol. The molecule has 0 radical (unpaired) electrons. The van der Waals surface area contributed by atoms with Crippen LogP contribution in [0.2, 0.25) is 0 Å². The first kappa shape index (κ1) is 25.3. The van der Waals surface area contributed by atoms with E-state index < -0.39 is 11.9 Å². The van der Waals surface area contributed by atoms with Gasteiger partial charge in [0.1, 0.15) is 12.1 Å². The van der Waals surface area contributed by atoms with E-state index in [0.717, 1.165) is 28.1 Å². The van der Waals surface area contributed by atoms with Crippen molar-refractivity contribution in [2.24, 2.45) is 0 Å². The maximum Gasteiger partial charge on any atom is 0.334 e. The lowest BCUT2D eigenvalue weighted by molar-refractivity contribution is 0.0586. The number of ether oxygens (including phenoxy) is 1. The van der Waals surface area contributed by atoms with Gasteiger partial charge in [-0.2, -0.15) is 0 Å². The van der Waals surface area contributed by atoms with Gasteiger partial charge >= 0.3 is 5.69 Å². The molecule has 196 valence electrons. The van der Waals surface area contributed by atoms with Gasteiger partial charge in [-0.05, 0) is 41.0 Å². The molecule has 2 aromatic carbocycles. The second-order valence-corrected chi connectivity index (χ2v) is 9.41. The van der Waals surface area contributed by atoms with E-state index in [1.807, 2.05) is 66.9 Å². The predicted molar refractivity (Wildman–Crippen MR) is 144 cm³/mol. The molecule has 1 N–H and O–H groups in total. The van der Waals surface area contributed by atoms with Gasteiger partial charge in [0.25, 0.3) is 5.56 Å². The molecule has 0 aliphatic rings. The number of hydrogen-bond donors (Lipinski definition) is 1. The van der Waals surface area contributed by atoms with Crippen molar-refractivity contribution in [2.75, 3.05) is 7.11 Å². The third-order valence-corrected chi connectivity index (χ3v) is 6.76. The van der Waals surface area contributed by atoms with Crippen LogP contribution in [0.4, 0.5) is 0 Å². The Kier molecular flexibility index (Phi) is 6.77. The van der Waals surface area contributed by atoms with Crippen molar-refractivity contribution in [3.63, 3.8) is 0 Å². The molecule has 1 unspecified atom stereocenters. The number of benzene rings is 2. The van der Waals surface area contributed by atoms with Gasteiger partial charge in [-0.3, -0.25) is 9.36 Å². The standard InChI is InChI=1S/C27H30N8O3/c1-6-33-26(36)22-25(35(27(33)37)17(4)38-5)28-24(16(2)3)34(22)15-18-11-13-19(14-12-18)20-9-7-8-10-21(20)23-29-31-32-30-23/h7-14,16-17H,6,15H2,1-5H3,(H,29,30,31,32). The highest BCUT2D eigenvalue weighted by Gasteiger charge is 2.24. The van der Waals surface area contributed by atoms with E-state index in [9.17, 15) is 9.59 Å². The molecular formula is C27H30N8O3. The number of tetrazole rings is 1.